The van der Waals surface area contributed by atoms with E-state index in [4.69, 9.17) is 4.74 Å². The molecule has 0 bridgehead atoms. The second-order valence-electron chi connectivity index (χ2n) is 5.73. The van der Waals surface area contributed by atoms with Gasteiger partial charge >= 0.3 is 0 Å². The van der Waals surface area contributed by atoms with Crippen molar-refractivity contribution in [2.24, 2.45) is 5.41 Å². The highest BCUT2D eigenvalue weighted by atomic mass is 32.2. The van der Waals surface area contributed by atoms with E-state index in [1.807, 2.05) is 31.2 Å². The maximum absolute atomic E-state index is 12.4. The molecule has 0 amide bonds. The van der Waals surface area contributed by atoms with E-state index in [0.29, 0.717) is 6.61 Å². The molecule has 4 nitrogen and oxygen atoms in total. The van der Waals surface area contributed by atoms with Crippen LogP contribution in [0.15, 0.2) is 24.3 Å². The van der Waals surface area contributed by atoms with Gasteiger partial charge in [0.1, 0.15) is 5.41 Å². The van der Waals surface area contributed by atoms with Crippen LogP contribution in [0.2, 0.25) is 0 Å². The summed E-state index contributed by atoms with van der Waals surface area (Å²) in [5.74, 6) is -0.239. The zero-order chi connectivity index (χ0) is 16.4. The average Bonchev–Trinajstić information content (AvgIpc) is 3.23. The van der Waals surface area contributed by atoms with E-state index < -0.39 is 20.5 Å². The molecule has 0 aromatic heterocycles. The van der Waals surface area contributed by atoms with E-state index in [1.165, 1.54) is 5.56 Å². The zero-order valence-electron chi connectivity index (χ0n) is 13.4. The highest BCUT2D eigenvalue weighted by Crippen LogP contribution is 2.62. The fourth-order valence-corrected chi connectivity index (χ4v) is 5.16. The average molecular weight is 321 g/mol. The Balaban J connectivity index is 2.40. The van der Waals surface area contributed by atoms with E-state index >= 15 is 0 Å². The molecule has 22 heavy (non-hydrogen) atoms. The lowest BCUT2D eigenvalue weighted by atomic mass is 10.00. The Hall–Kier alpha value is -1.38. The minimum absolute atomic E-state index is 0.0523. The summed E-state index contributed by atoms with van der Waals surface area (Å²) in [5, 5.41) is 8.99. The Kier molecular flexibility index (Phi) is 4.93. The van der Waals surface area contributed by atoms with Gasteiger partial charge in [0, 0.05) is 18.3 Å². The second-order valence-corrected chi connectivity index (χ2v) is 8.15. The first-order valence-corrected chi connectivity index (χ1v) is 9.47. The third-order valence-corrected chi connectivity index (χ3v) is 6.82. The fraction of sp³-hybridized carbons (Fsp3) is 0.588. The number of nitrogens with zero attached hydrogens (tertiary/aromatic N) is 1. The van der Waals surface area contributed by atoms with Gasteiger partial charge in [-0.1, -0.05) is 38.1 Å². The molecule has 1 aliphatic rings. The monoisotopic (exact) mass is 321 g/mol. The predicted octanol–water partition coefficient (Wildman–Crippen LogP) is 2.70. The standard InChI is InChI=1S/C17H23NO3S/c1-4-13-7-9-14(10-8-13)15-16(22(19,20)6-3)17(15,11-18)12-21-5-2/h7-10,15-16H,4-6,12H2,1-3H3. The number of benzene rings is 1. The van der Waals surface area contributed by atoms with Crippen molar-refractivity contribution in [3.05, 3.63) is 35.4 Å². The molecular weight excluding hydrogens is 298 g/mol. The van der Waals surface area contributed by atoms with Gasteiger partial charge in [0.15, 0.2) is 9.84 Å². The molecule has 0 spiro atoms. The number of rotatable bonds is 7. The first-order chi connectivity index (χ1) is 10.5. The van der Waals surface area contributed by atoms with Crippen LogP contribution in [0, 0.1) is 16.7 Å². The summed E-state index contributed by atoms with van der Waals surface area (Å²) in [6.07, 6.45) is 0.934. The number of hydrogen-bond donors (Lipinski definition) is 0. The zero-order valence-corrected chi connectivity index (χ0v) is 14.2. The summed E-state index contributed by atoms with van der Waals surface area (Å²) >= 11 is 0. The van der Waals surface area contributed by atoms with Crippen molar-refractivity contribution in [3.63, 3.8) is 0 Å². The Bertz CT molecular complexity index is 660. The van der Waals surface area contributed by atoms with Crippen LogP contribution in [-0.2, 0) is 21.0 Å². The maximum Gasteiger partial charge on any atom is 0.155 e. The Morgan fingerprint density at radius 3 is 2.32 bits per heavy atom. The minimum atomic E-state index is -3.29. The summed E-state index contributed by atoms with van der Waals surface area (Å²) in [6, 6.07) is 10.2. The first-order valence-electron chi connectivity index (χ1n) is 7.76. The van der Waals surface area contributed by atoms with Gasteiger partial charge in [0.2, 0.25) is 0 Å². The SMILES string of the molecule is CCOCC1(C#N)C(c2ccc(CC)cc2)C1S(=O)(=O)CC. The van der Waals surface area contributed by atoms with Crippen molar-refractivity contribution < 1.29 is 13.2 Å². The highest BCUT2D eigenvalue weighted by molar-refractivity contribution is 7.92. The van der Waals surface area contributed by atoms with Gasteiger partial charge in [-0.3, -0.25) is 0 Å². The molecule has 1 aliphatic carbocycles. The van der Waals surface area contributed by atoms with Crippen LogP contribution < -0.4 is 0 Å². The summed E-state index contributed by atoms with van der Waals surface area (Å²) in [6.45, 7) is 6.20. The highest BCUT2D eigenvalue weighted by Gasteiger charge is 2.71. The quantitative estimate of drug-likeness (QED) is 0.774. The van der Waals surface area contributed by atoms with Gasteiger partial charge in [-0.15, -0.1) is 0 Å². The smallest absolute Gasteiger partial charge is 0.155 e. The summed E-state index contributed by atoms with van der Waals surface area (Å²) in [7, 11) is -3.29. The molecule has 1 fully saturated rings. The van der Waals surface area contributed by atoms with Gasteiger partial charge in [0.05, 0.1) is 17.9 Å². The van der Waals surface area contributed by atoms with E-state index in [1.54, 1.807) is 6.92 Å². The molecule has 120 valence electrons. The molecular formula is C17H23NO3S. The van der Waals surface area contributed by atoms with Crippen LogP contribution in [0.4, 0.5) is 0 Å². The molecule has 0 aliphatic heterocycles. The van der Waals surface area contributed by atoms with Crippen molar-refractivity contribution in [2.75, 3.05) is 19.0 Å². The number of aryl methyl sites for hydroxylation is 1. The van der Waals surface area contributed by atoms with Crippen LogP contribution in [0.25, 0.3) is 0 Å². The van der Waals surface area contributed by atoms with Crippen molar-refractivity contribution in [1.82, 2.24) is 0 Å². The maximum atomic E-state index is 12.4. The van der Waals surface area contributed by atoms with Gasteiger partial charge in [-0.05, 0) is 24.5 Å². The van der Waals surface area contributed by atoms with E-state index in [-0.39, 0.29) is 18.3 Å². The molecule has 2 rings (SSSR count). The topological polar surface area (TPSA) is 67.2 Å². The number of sulfone groups is 1. The second kappa shape index (κ2) is 6.39. The first kappa shape index (κ1) is 17.0. The van der Waals surface area contributed by atoms with Gasteiger partial charge in [-0.2, -0.15) is 5.26 Å². The van der Waals surface area contributed by atoms with Crippen LogP contribution >= 0.6 is 0 Å². The Labute approximate surface area is 133 Å². The van der Waals surface area contributed by atoms with Crippen LogP contribution in [-0.4, -0.2) is 32.6 Å². The molecule has 3 unspecified atom stereocenters. The van der Waals surface area contributed by atoms with Gasteiger partial charge in [-0.25, -0.2) is 8.42 Å². The fourth-order valence-electron chi connectivity index (χ4n) is 3.15. The number of nitriles is 1. The molecule has 1 aromatic rings. The van der Waals surface area contributed by atoms with Crippen molar-refractivity contribution in [1.29, 1.82) is 5.26 Å². The minimum Gasteiger partial charge on any atom is -0.380 e. The normalized spacial score (nSPS) is 27.4. The Morgan fingerprint density at radius 2 is 1.86 bits per heavy atom. The molecule has 1 saturated carbocycles. The molecule has 1 aromatic carbocycles. The lowest BCUT2D eigenvalue weighted by Gasteiger charge is -2.09. The Morgan fingerprint density at radius 1 is 1.23 bits per heavy atom. The van der Waals surface area contributed by atoms with Crippen LogP contribution in [0.1, 0.15) is 37.8 Å². The summed E-state index contributed by atoms with van der Waals surface area (Å²) < 4.78 is 30.2. The molecule has 5 heteroatoms. The van der Waals surface area contributed by atoms with Crippen LogP contribution in [0.3, 0.4) is 0 Å². The molecule has 0 N–H and O–H groups in total. The van der Waals surface area contributed by atoms with Crippen molar-refractivity contribution >= 4 is 9.84 Å². The van der Waals surface area contributed by atoms with Crippen molar-refractivity contribution in [2.45, 2.75) is 38.4 Å². The van der Waals surface area contributed by atoms with E-state index in [0.717, 1.165) is 12.0 Å². The molecule has 0 radical (unpaired) electrons. The lowest BCUT2D eigenvalue weighted by Crippen LogP contribution is -2.20. The molecule has 0 heterocycles. The largest absolute Gasteiger partial charge is 0.380 e. The van der Waals surface area contributed by atoms with E-state index in [9.17, 15) is 13.7 Å². The number of ether oxygens (including phenoxy) is 1. The van der Waals surface area contributed by atoms with Gasteiger partial charge < -0.3 is 4.74 Å². The van der Waals surface area contributed by atoms with Gasteiger partial charge in [0.25, 0.3) is 0 Å². The summed E-state index contributed by atoms with van der Waals surface area (Å²) in [5.41, 5.74) is 1.17. The predicted molar refractivity (Wildman–Crippen MR) is 86.3 cm³/mol. The third-order valence-electron chi connectivity index (χ3n) is 4.55. The molecule has 3 atom stereocenters. The van der Waals surface area contributed by atoms with E-state index in [2.05, 4.69) is 13.0 Å². The number of hydrogen-bond acceptors (Lipinski definition) is 4. The third kappa shape index (κ3) is 2.78. The summed E-state index contributed by atoms with van der Waals surface area (Å²) in [4.78, 5) is 0. The van der Waals surface area contributed by atoms with Crippen LogP contribution in [0.5, 0.6) is 0 Å². The molecule has 0 saturated heterocycles. The van der Waals surface area contributed by atoms with Crippen molar-refractivity contribution in [3.8, 4) is 6.07 Å². The lowest BCUT2D eigenvalue weighted by molar-refractivity contribution is 0.117.